The molecule has 2 aliphatic heterocycles. The molecule has 4 rings (SSSR count). The van der Waals surface area contributed by atoms with Crippen LogP contribution in [0.3, 0.4) is 0 Å². The lowest BCUT2D eigenvalue weighted by Crippen LogP contribution is -2.28. The number of ether oxygens (including phenoxy) is 1. The molecule has 32 heavy (non-hydrogen) atoms. The number of rotatable bonds is 6. The van der Waals surface area contributed by atoms with Gasteiger partial charge in [-0.15, -0.1) is 0 Å². The number of aromatic hydroxyl groups is 1. The van der Waals surface area contributed by atoms with E-state index in [1.807, 2.05) is 26.8 Å². The molecule has 8 nitrogen and oxygen atoms in total. The average Bonchev–Trinajstić information content (AvgIpc) is 3.45. The first kappa shape index (κ1) is 21.8. The zero-order chi connectivity index (χ0) is 22.8. The molecule has 1 aromatic carbocycles. The van der Waals surface area contributed by atoms with Crippen LogP contribution in [-0.4, -0.2) is 52.3 Å². The summed E-state index contributed by atoms with van der Waals surface area (Å²) in [5.74, 6) is 0.0604. The monoisotopic (exact) mass is 437 g/mol. The molecule has 1 saturated heterocycles. The van der Waals surface area contributed by atoms with E-state index in [1.54, 1.807) is 17.0 Å². The Morgan fingerprint density at radius 2 is 1.94 bits per heavy atom. The quantitative estimate of drug-likeness (QED) is 0.697. The third-order valence-electron chi connectivity index (χ3n) is 6.11. The Labute approximate surface area is 186 Å². The van der Waals surface area contributed by atoms with E-state index in [1.165, 1.54) is 0 Å². The van der Waals surface area contributed by atoms with Gasteiger partial charge in [-0.1, -0.05) is 5.16 Å². The van der Waals surface area contributed by atoms with E-state index in [-0.39, 0.29) is 36.3 Å². The van der Waals surface area contributed by atoms with E-state index in [0.29, 0.717) is 25.2 Å². The van der Waals surface area contributed by atoms with Crippen LogP contribution in [0.4, 0.5) is 0 Å². The maximum absolute atomic E-state index is 12.8. The van der Waals surface area contributed by atoms with Crippen LogP contribution in [0.15, 0.2) is 23.4 Å². The van der Waals surface area contributed by atoms with Crippen LogP contribution >= 0.6 is 0 Å². The lowest BCUT2D eigenvalue weighted by molar-refractivity contribution is -0.140. The van der Waals surface area contributed by atoms with Gasteiger partial charge in [0.05, 0.1) is 6.42 Å². The highest BCUT2D eigenvalue weighted by Gasteiger charge is 2.24. The molecule has 2 aromatic rings. The number of pyridine rings is 1. The van der Waals surface area contributed by atoms with Crippen LogP contribution in [0.2, 0.25) is 0 Å². The fourth-order valence-corrected chi connectivity index (χ4v) is 4.11. The van der Waals surface area contributed by atoms with Crippen molar-refractivity contribution >= 4 is 17.6 Å². The Morgan fingerprint density at radius 1 is 1.19 bits per heavy atom. The van der Waals surface area contributed by atoms with Crippen LogP contribution < -0.4 is 4.74 Å². The number of amides is 1. The second-order valence-electron chi connectivity index (χ2n) is 8.35. The van der Waals surface area contributed by atoms with E-state index in [4.69, 9.17) is 4.74 Å². The Balaban J connectivity index is 1.54. The van der Waals surface area contributed by atoms with E-state index in [0.717, 1.165) is 46.5 Å². The van der Waals surface area contributed by atoms with Crippen molar-refractivity contribution in [3.8, 4) is 11.5 Å². The number of aryl methyl sites for hydroxylation is 1. The molecule has 1 aromatic heterocycles. The molecular weight excluding hydrogens is 410 g/mol. The summed E-state index contributed by atoms with van der Waals surface area (Å²) in [6.07, 6.45) is 2.65. The molecule has 0 spiro atoms. The summed E-state index contributed by atoms with van der Waals surface area (Å²) in [6.45, 7) is 7.63. The van der Waals surface area contributed by atoms with Gasteiger partial charge in [0.1, 0.15) is 23.8 Å². The van der Waals surface area contributed by atoms with E-state index < -0.39 is 0 Å². The first-order chi connectivity index (χ1) is 15.3. The SMILES string of the molecule is Cc1cc(OCC2=NOC(=O)C2)c(C)c(C)c1Cc1ccc(O)c(C(=O)N2CCCC2)n1. The first-order valence-corrected chi connectivity index (χ1v) is 10.8. The number of likely N-dealkylation sites (tertiary alicyclic amines) is 1. The Kier molecular flexibility index (Phi) is 6.12. The fourth-order valence-electron chi connectivity index (χ4n) is 4.11. The smallest absolute Gasteiger partial charge is 0.340 e. The number of nitrogens with zero attached hydrogens (tertiary/aromatic N) is 3. The summed E-state index contributed by atoms with van der Waals surface area (Å²) in [6, 6.07) is 5.27. The molecule has 1 amide bonds. The molecule has 0 radical (unpaired) electrons. The van der Waals surface area contributed by atoms with Gasteiger partial charge in [0, 0.05) is 25.2 Å². The van der Waals surface area contributed by atoms with E-state index >= 15 is 0 Å². The summed E-state index contributed by atoms with van der Waals surface area (Å²) in [5.41, 5.74) is 5.60. The largest absolute Gasteiger partial charge is 0.505 e. The van der Waals surface area contributed by atoms with E-state index in [9.17, 15) is 14.7 Å². The Hall–Kier alpha value is -3.42. The van der Waals surface area contributed by atoms with Crippen LogP contribution in [0.5, 0.6) is 11.5 Å². The van der Waals surface area contributed by atoms with Crippen LogP contribution in [-0.2, 0) is 16.1 Å². The average molecular weight is 437 g/mol. The standard InChI is InChI=1S/C24H27N3O5/c1-14-10-21(31-13-18-12-22(29)32-26-18)16(3)15(2)19(14)11-17-6-7-20(28)23(25-17)24(30)27-8-4-5-9-27/h6-7,10,28H,4-5,8-9,11-13H2,1-3H3. The zero-order valence-corrected chi connectivity index (χ0v) is 18.6. The van der Waals surface area contributed by atoms with Crippen molar-refractivity contribution in [1.82, 2.24) is 9.88 Å². The van der Waals surface area contributed by atoms with Gasteiger partial charge in [0.2, 0.25) is 0 Å². The number of oxime groups is 1. The lowest BCUT2D eigenvalue weighted by atomic mass is 9.94. The summed E-state index contributed by atoms with van der Waals surface area (Å²) in [5, 5.41) is 13.9. The first-order valence-electron chi connectivity index (χ1n) is 10.8. The fraction of sp³-hybridized carbons (Fsp3) is 0.417. The highest BCUT2D eigenvalue weighted by atomic mass is 16.7. The predicted molar refractivity (Wildman–Crippen MR) is 118 cm³/mol. The van der Waals surface area contributed by atoms with Gasteiger partial charge < -0.3 is 19.6 Å². The molecule has 0 aliphatic carbocycles. The summed E-state index contributed by atoms with van der Waals surface area (Å²) < 4.78 is 5.90. The van der Waals surface area contributed by atoms with Crippen molar-refractivity contribution in [1.29, 1.82) is 0 Å². The molecule has 168 valence electrons. The highest BCUT2D eigenvalue weighted by molar-refractivity contribution is 6.02. The topological polar surface area (TPSA) is 101 Å². The molecule has 2 aliphatic rings. The van der Waals surface area contributed by atoms with Gasteiger partial charge in [0.25, 0.3) is 5.91 Å². The third kappa shape index (κ3) is 4.44. The summed E-state index contributed by atoms with van der Waals surface area (Å²) in [4.78, 5) is 34.8. The van der Waals surface area contributed by atoms with Crippen molar-refractivity contribution in [3.63, 3.8) is 0 Å². The Morgan fingerprint density at radius 3 is 2.62 bits per heavy atom. The van der Waals surface area contributed by atoms with Gasteiger partial charge in [-0.2, -0.15) is 0 Å². The molecule has 1 fully saturated rings. The number of carbonyl (C=O) groups excluding carboxylic acids is 2. The van der Waals surface area contributed by atoms with E-state index in [2.05, 4.69) is 15.0 Å². The maximum Gasteiger partial charge on any atom is 0.340 e. The van der Waals surface area contributed by atoms with Crippen molar-refractivity contribution < 1.29 is 24.3 Å². The normalized spacial score (nSPS) is 15.7. The molecule has 1 N–H and O–H groups in total. The number of benzene rings is 1. The van der Waals surface area contributed by atoms with Crippen molar-refractivity contribution in [2.24, 2.45) is 5.16 Å². The molecule has 0 saturated carbocycles. The van der Waals surface area contributed by atoms with Crippen LogP contribution in [0, 0.1) is 20.8 Å². The van der Waals surface area contributed by atoms with Crippen LogP contribution in [0.1, 0.15) is 57.7 Å². The number of hydrogen-bond acceptors (Lipinski definition) is 7. The van der Waals surface area contributed by atoms with Gasteiger partial charge in [-0.05, 0) is 74.1 Å². The third-order valence-corrected chi connectivity index (χ3v) is 6.11. The lowest BCUT2D eigenvalue weighted by Gasteiger charge is -2.18. The number of aromatic nitrogens is 1. The Bertz CT molecular complexity index is 1100. The van der Waals surface area contributed by atoms with Crippen molar-refractivity contribution in [2.45, 2.75) is 46.5 Å². The van der Waals surface area contributed by atoms with Gasteiger partial charge in [-0.3, -0.25) is 4.79 Å². The van der Waals surface area contributed by atoms with Crippen LogP contribution in [0.25, 0.3) is 0 Å². The minimum Gasteiger partial charge on any atom is -0.505 e. The highest BCUT2D eigenvalue weighted by Crippen LogP contribution is 2.30. The predicted octanol–water partition coefficient (Wildman–Crippen LogP) is 3.22. The van der Waals surface area contributed by atoms with Crippen molar-refractivity contribution in [2.75, 3.05) is 19.7 Å². The summed E-state index contributed by atoms with van der Waals surface area (Å²) >= 11 is 0. The minimum atomic E-state index is -0.369. The second kappa shape index (κ2) is 8.98. The molecule has 8 heteroatoms. The number of hydrogen-bond donors (Lipinski definition) is 1. The molecule has 3 heterocycles. The second-order valence-corrected chi connectivity index (χ2v) is 8.35. The zero-order valence-electron chi connectivity index (χ0n) is 18.6. The maximum atomic E-state index is 12.8. The molecule has 0 bridgehead atoms. The minimum absolute atomic E-state index is 0.0867. The van der Waals surface area contributed by atoms with Gasteiger partial charge in [0.15, 0.2) is 5.69 Å². The van der Waals surface area contributed by atoms with Crippen molar-refractivity contribution in [3.05, 3.63) is 51.8 Å². The number of carbonyl (C=O) groups is 2. The molecule has 0 unspecified atom stereocenters. The summed E-state index contributed by atoms with van der Waals surface area (Å²) in [7, 11) is 0. The van der Waals surface area contributed by atoms with Gasteiger partial charge in [-0.25, -0.2) is 9.78 Å². The van der Waals surface area contributed by atoms with Gasteiger partial charge >= 0.3 is 5.97 Å². The molecule has 0 atom stereocenters. The molecular formula is C24H27N3O5.